The number of hydrogen-bond donors (Lipinski definition) is 1. The van der Waals surface area contributed by atoms with Gasteiger partial charge in [-0.2, -0.15) is 0 Å². The van der Waals surface area contributed by atoms with Crippen LogP contribution in [0.25, 0.3) is 0 Å². The fraction of sp³-hybridized carbons (Fsp3) is 0.600. The van der Waals surface area contributed by atoms with Crippen molar-refractivity contribution in [2.75, 3.05) is 0 Å². The van der Waals surface area contributed by atoms with Gasteiger partial charge in [0.05, 0.1) is 12.0 Å². The minimum atomic E-state index is -0.697. The molecule has 104 valence electrons. The number of allylic oxidation sites excluding steroid dienone is 2. The van der Waals surface area contributed by atoms with E-state index in [0.717, 1.165) is 24.7 Å². The van der Waals surface area contributed by atoms with Gasteiger partial charge in [-0.3, -0.25) is 9.59 Å². The van der Waals surface area contributed by atoms with E-state index in [2.05, 4.69) is 0 Å². The lowest BCUT2D eigenvalue weighted by Crippen LogP contribution is -2.31. The van der Waals surface area contributed by atoms with Crippen molar-refractivity contribution in [3.8, 4) is 0 Å². The van der Waals surface area contributed by atoms with E-state index in [0.29, 0.717) is 12.0 Å². The van der Waals surface area contributed by atoms with E-state index in [1.807, 2.05) is 19.1 Å². The summed E-state index contributed by atoms with van der Waals surface area (Å²) in [7, 11) is 0. The van der Waals surface area contributed by atoms with E-state index >= 15 is 0 Å². The first-order chi connectivity index (χ1) is 9.02. The molecule has 0 aromatic carbocycles. The van der Waals surface area contributed by atoms with Gasteiger partial charge in [0.25, 0.3) is 0 Å². The zero-order valence-corrected chi connectivity index (χ0v) is 11.3. The van der Waals surface area contributed by atoms with Gasteiger partial charge in [-0.1, -0.05) is 24.6 Å². The van der Waals surface area contributed by atoms with Crippen LogP contribution >= 0.6 is 0 Å². The molecular weight excluding hydrogens is 244 g/mol. The number of rotatable bonds is 1. The van der Waals surface area contributed by atoms with E-state index in [1.54, 1.807) is 6.92 Å². The molecule has 4 heteroatoms. The molecule has 19 heavy (non-hydrogen) atoms. The summed E-state index contributed by atoms with van der Waals surface area (Å²) < 4.78 is 5.32. The number of hydrogen-bond acceptors (Lipinski definition) is 4. The van der Waals surface area contributed by atoms with Gasteiger partial charge < -0.3 is 9.84 Å². The fourth-order valence-electron chi connectivity index (χ4n) is 2.89. The summed E-state index contributed by atoms with van der Waals surface area (Å²) in [5, 5.41) is 10.3. The predicted octanol–water partition coefficient (Wildman–Crippen LogP) is 1.78. The summed E-state index contributed by atoms with van der Waals surface area (Å²) in [6.07, 6.45) is 5.41. The molecule has 0 aromatic heterocycles. The van der Waals surface area contributed by atoms with Gasteiger partial charge in [-0.15, -0.1) is 0 Å². The van der Waals surface area contributed by atoms with Crippen LogP contribution in [0.2, 0.25) is 0 Å². The highest BCUT2D eigenvalue weighted by atomic mass is 16.6. The van der Waals surface area contributed by atoms with Gasteiger partial charge in [0.15, 0.2) is 0 Å². The Morgan fingerprint density at radius 3 is 2.89 bits per heavy atom. The Kier molecular flexibility index (Phi) is 4.20. The summed E-state index contributed by atoms with van der Waals surface area (Å²) in [6.45, 7) is 3.73. The van der Waals surface area contributed by atoms with Crippen molar-refractivity contribution in [2.24, 2.45) is 11.8 Å². The maximum atomic E-state index is 11.7. The largest absolute Gasteiger partial charge is 0.461 e. The van der Waals surface area contributed by atoms with Crippen LogP contribution in [0.3, 0.4) is 0 Å². The topological polar surface area (TPSA) is 63.6 Å². The van der Waals surface area contributed by atoms with E-state index in [1.165, 1.54) is 0 Å². The SMILES string of the molecule is C/C1=C\[C@@H](O)[C@@H]2[C@H](C)C(=O)O[C@@H]2C/C(C=O)=C\CC1. The van der Waals surface area contributed by atoms with Crippen molar-refractivity contribution in [2.45, 2.75) is 45.3 Å². The summed E-state index contributed by atoms with van der Waals surface area (Å²) in [6, 6.07) is 0. The first kappa shape index (κ1) is 14.0. The average molecular weight is 264 g/mol. The number of carbonyl (C=O) groups excluding carboxylic acids is 2. The first-order valence-corrected chi connectivity index (χ1v) is 6.73. The van der Waals surface area contributed by atoms with Crippen LogP contribution in [0, 0.1) is 11.8 Å². The molecule has 1 aliphatic carbocycles. The van der Waals surface area contributed by atoms with Gasteiger partial charge in [-0.25, -0.2) is 0 Å². The van der Waals surface area contributed by atoms with Crippen molar-refractivity contribution in [3.63, 3.8) is 0 Å². The van der Waals surface area contributed by atoms with E-state index in [4.69, 9.17) is 4.74 Å². The first-order valence-electron chi connectivity index (χ1n) is 6.73. The van der Waals surface area contributed by atoms with Crippen LogP contribution in [-0.2, 0) is 14.3 Å². The van der Waals surface area contributed by atoms with Crippen molar-refractivity contribution in [1.82, 2.24) is 0 Å². The fourth-order valence-corrected chi connectivity index (χ4v) is 2.89. The second kappa shape index (κ2) is 5.70. The molecule has 0 bridgehead atoms. The molecule has 2 aliphatic rings. The van der Waals surface area contributed by atoms with Gasteiger partial charge >= 0.3 is 5.97 Å². The number of fused-ring (bicyclic) bond motifs is 1. The third-order valence-corrected chi connectivity index (χ3v) is 4.03. The third-order valence-electron chi connectivity index (χ3n) is 4.03. The zero-order chi connectivity index (χ0) is 14.0. The number of esters is 1. The molecule has 0 amide bonds. The number of aliphatic hydroxyl groups excluding tert-OH is 1. The molecule has 0 unspecified atom stereocenters. The molecule has 0 spiro atoms. The summed E-state index contributed by atoms with van der Waals surface area (Å²) in [4.78, 5) is 22.7. The standard InChI is InChI=1S/C15H20O4/c1-9-4-3-5-11(8-16)7-13-14(12(17)6-9)10(2)15(18)19-13/h5-6,8,10,12-14,17H,3-4,7H2,1-2H3/b9-6+,11-5+/t10-,12+,13+,14-/m0/s1. The lowest BCUT2D eigenvalue weighted by molar-refractivity contribution is -0.144. The molecule has 1 heterocycles. The summed E-state index contributed by atoms with van der Waals surface area (Å²) in [5.74, 6) is -0.898. The lowest BCUT2D eigenvalue weighted by Gasteiger charge is -2.24. The molecule has 1 saturated heterocycles. The number of aliphatic hydroxyl groups is 1. The highest BCUT2D eigenvalue weighted by Gasteiger charge is 2.45. The maximum absolute atomic E-state index is 11.7. The second-order valence-corrected chi connectivity index (χ2v) is 5.48. The predicted molar refractivity (Wildman–Crippen MR) is 70.3 cm³/mol. The van der Waals surface area contributed by atoms with Crippen LogP contribution < -0.4 is 0 Å². The minimum Gasteiger partial charge on any atom is -0.461 e. The minimum absolute atomic E-state index is 0.274. The Labute approximate surface area is 113 Å². The number of carbonyl (C=O) groups is 2. The van der Waals surface area contributed by atoms with Crippen molar-refractivity contribution >= 4 is 12.3 Å². The smallest absolute Gasteiger partial charge is 0.309 e. The van der Waals surface area contributed by atoms with E-state index in [9.17, 15) is 14.7 Å². The van der Waals surface area contributed by atoms with E-state index in [-0.39, 0.29) is 17.8 Å². The monoisotopic (exact) mass is 264 g/mol. The number of ether oxygens (including phenoxy) is 1. The lowest BCUT2D eigenvalue weighted by atomic mass is 9.82. The van der Waals surface area contributed by atoms with Crippen molar-refractivity contribution < 1.29 is 19.4 Å². The molecule has 4 nitrogen and oxygen atoms in total. The maximum Gasteiger partial charge on any atom is 0.309 e. The number of aldehydes is 1. The normalized spacial score (nSPS) is 41.3. The van der Waals surface area contributed by atoms with Gasteiger partial charge in [0.2, 0.25) is 0 Å². The summed E-state index contributed by atoms with van der Waals surface area (Å²) in [5.41, 5.74) is 1.72. The quantitative estimate of drug-likeness (QED) is 0.445. The van der Waals surface area contributed by atoms with Crippen LogP contribution in [0.1, 0.15) is 33.1 Å². The highest BCUT2D eigenvalue weighted by Crippen LogP contribution is 2.35. The van der Waals surface area contributed by atoms with Gasteiger partial charge in [-0.05, 0) is 25.3 Å². The molecule has 2 rings (SSSR count). The molecule has 1 N–H and O–H groups in total. The molecule has 1 aliphatic heterocycles. The molecule has 1 fully saturated rings. The van der Waals surface area contributed by atoms with Crippen LogP contribution in [0.4, 0.5) is 0 Å². The summed E-state index contributed by atoms with van der Waals surface area (Å²) >= 11 is 0. The van der Waals surface area contributed by atoms with Crippen molar-refractivity contribution in [3.05, 3.63) is 23.3 Å². The molecule has 4 atom stereocenters. The highest BCUT2D eigenvalue weighted by molar-refractivity contribution is 5.76. The third kappa shape index (κ3) is 2.95. The molecular formula is C15H20O4. The van der Waals surface area contributed by atoms with Gasteiger partial charge in [0, 0.05) is 12.3 Å². The van der Waals surface area contributed by atoms with Crippen LogP contribution in [-0.4, -0.2) is 29.6 Å². The molecule has 0 radical (unpaired) electrons. The molecule has 0 aromatic rings. The Balaban J connectivity index is 2.32. The zero-order valence-electron chi connectivity index (χ0n) is 11.3. The van der Waals surface area contributed by atoms with Gasteiger partial charge in [0.1, 0.15) is 12.4 Å². The Morgan fingerprint density at radius 2 is 2.21 bits per heavy atom. The van der Waals surface area contributed by atoms with E-state index < -0.39 is 12.2 Å². The Hall–Kier alpha value is -1.42. The van der Waals surface area contributed by atoms with Crippen LogP contribution in [0.5, 0.6) is 0 Å². The Morgan fingerprint density at radius 1 is 1.47 bits per heavy atom. The molecule has 0 saturated carbocycles. The average Bonchev–Trinajstić information content (AvgIpc) is 2.63. The van der Waals surface area contributed by atoms with Crippen LogP contribution in [0.15, 0.2) is 23.3 Å². The Bertz CT molecular complexity index is 435. The second-order valence-electron chi connectivity index (χ2n) is 5.48. The van der Waals surface area contributed by atoms with Crippen molar-refractivity contribution in [1.29, 1.82) is 0 Å².